The molecule has 0 saturated carbocycles. The second-order valence-electron chi connectivity index (χ2n) is 4.77. The van der Waals surface area contributed by atoms with Crippen molar-refractivity contribution in [2.75, 3.05) is 7.11 Å². The van der Waals surface area contributed by atoms with Crippen LogP contribution in [-0.4, -0.2) is 19.3 Å². The van der Waals surface area contributed by atoms with Crippen molar-refractivity contribution in [2.45, 2.75) is 39.9 Å². The van der Waals surface area contributed by atoms with Crippen molar-refractivity contribution in [1.82, 2.24) is 0 Å². The maximum atomic E-state index is 12.5. The number of methoxy groups -OCH3 is 1. The Morgan fingerprint density at radius 2 is 1.70 bits per heavy atom. The fourth-order valence-corrected chi connectivity index (χ4v) is 3.00. The predicted molar refractivity (Wildman–Crippen MR) is 79.9 cm³/mol. The van der Waals surface area contributed by atoms with Crippen LogP contribution in [0.25, 0.3) is 0 Å². The summed E-state index contributed by atoms with van der Waals surface area (Å²) in [5.74, 6) is 3.52. The van der Waals surface area contributed by atoms with Crippen molar-refractivity contribution in [3.8, 4) is 17.3 Å². The van der Waals surface area contributed by atoms with Crippen molar-refractivity contribution < 1.29 is 18.3 Å². The van der Waals surface area contributed by atoms with Crippen LogP contribution in [0.4, 0.5) is 0 Å². The molecule has 0 N–H and O–H groups in total. The Kier molecular flexibility index (Phi) is 6.29. The molecule has 0 aromatic heterocycles. The predicted octanol–water partition coefficient (Wildman–Crippen LogP) is 4.05. The van der Waals surface area contributed by atoms with Gasteiger partial charge in [-0.3, -0.25) is 9.05 Å². The van der Waals surface area contributed by atoms with Crippen molar-refractivity contribution in [1.29, 1.82) is 0 Å². The summed E-state index contributed by atoms with van der Waals surface area (Å²) in [6.45, 7) is 7.18. The third-order valence-electron chi connectivity index (χ3n) is 2.11. The first-order valence-electron chi connectivity index (χ1n) is 6.49. The first-order valence-corrected chi connectivity index (χ1v) is 8.03. The van der Waals surface area contributed by atoms with Gasteiger partial charge in [-0.25, -0.2) is 4.57 Å². The molecule has 0 unspecified atom stereocenters. The van der Waals surface area contributed by atoms with E-state index in [9.17, 15) is 4.57 Å². The average Bonchev–Trinajstić information content (AvgIpc) is 2.35. The molecule has 0 aliphatic rings. The standard InChI is InChI=1S/C15H21O4P/c1-12(2)18-20(16,19-13(3)4)10-9-14-7-6-8-15(11-14)17-5/h6-8,11-13H,1-5H3. The molecule has 0 radical (unpaired) electrons. The summed E-state index contributed by atoms with van der Waals surface area (Å²) in [5.41, 5.74) is 3.33. The zero-order valence-corrected chi connectivity index (χ0v) is 13.4. The Balaban J connectivity index is 3.00. The largest absolute Gasteiger partial charge is 0.497 e. The lowest BCUT2D eigenvalue weighted by atomic mass is 10.2. The van der Waals surface area contributed by atoms with Crippen LogP contribution in [-0.2, 0) is 13.6 Å². The molecular formula is C15H21O4P. The van der Waals surface area contributed by atoms with E-state index in [0.717, 1.165) is 0 Å². The first kappa shape index (κ1) is 16.8. The van der Waals surface area contributed by atoms with Crippen molar-refractivity contribution >= 4 is 7.60 Å². The van der Waals surface area contributed by atoms with Gasteiger partial charge in [0, 0.05) is 11.2 Å². The second kappa shape index (κ2) is 7.50. The Hall–Kier alpha value is -1.27. The van der Waals surface area contributed by atoms with Crippen LogP contribution in [0.5, 0.6) is 5.75 Å². The molecule has 4 nitrogen and oxygen atoms in total. The quantitative estimate of drug-likeness (QED) is 0.607. The molecule has 0 spiro atoms. The summed E-state index contributed by atoms with van der Waals surface area (Å²) in [4.78, 5) is 0. The van der Waals surface area contributed by atoms with Gasteiger partial charge in [-0.2, -0.15) is 0 Å². The van der Waals surface area contributed by atoms with Gasteiger partial charge < -0.3 is 4.74 Å². The minimum Gasteiger partial charge on any atom is -0.497 e. The molecule has 1 aromatic rings. The van der Waals surface area contributed by atoms with E-state index in [1.165, 1.54) is 0 Å². The van der Waals surface area contributed by atoms with Crippen LogP contribution in [0.2, 0.25) is 0 Å². The van der Waals surface area contributed by atoms with Gasteiger partial charge in [0.15, 0.2) is 0 Å². The van der Waals surface area contributed by atoms with E-state index in [-0.39, 0.29) is 12.2 Å². The molecule has 5 heteroatoms. The molecule has 0 fully saturated rings. The minimum atomic E-state index is -3.42. The van der Waals surface area contributed by atoms with Crippen LogP contribution >= 0.6 is 7.60 Å². The maximum absolute atomic E-state index is 12.5. The van der Waals surface area contributed by atoms with Crippen LogP contribution in [0, 0.1) is 11.6 Å². The topological polar surface area (TPSA) is 44.8 Å². The van der Waals surface area contributed by atoms with Gasteiger partial charge in [0.25, 0.3) is 0 Å². The Bertz CT molecular complexity index is 526. The van der Waals surface area contributed by atoms with Crippen LogP contribution in [0.15, 0.2) is 24.3 Å². The van der Waals surface area contributed by atoms with Crippen molar-refractivity contribution in [2.24, 2.45) is 0 Å². The Morgan fingerprint density at radius 3 is 2.20 bits per heavy atom. The number of benzene rings is 1. The van der Waals surface area contributed by atoms with E-state index >= 15 is 0 Å². The third-order valence-corrected chi connectivity index (χ3v) is 3.89. The Morgan fingerprint density at radius 1 is 1.10 bits per heavy atom. The van der Waals surface area contributed by atoms with E-state index in [1.807, 2.05) is 18.2 Å². The zero-order valence-electron chi connectivity index (χ0n) is 12.5. The minimum absolute atomic E-state index is 0.223. The van der Waals surface area contributed by atoms with Crippen LogP contribution < -0.4 is 4.74 Å². The van der Waals surface area contributed by atoms with E-state index in [2.05, 4.69) is 11.6 Å². The molecular weight excluding hydrogens is 275 g/mol. The van der Waals surface area contributed by atoms with E-state index < -0.39 is 7.60 Å². The lowest BCUT2D eigenvalue weighted by Gasteiger charge is -2.17. The number of hydrogen-bond acceptors (Lipinski definition) is 4. The molecule has 1 aromatic carbocycles. The highest BCUT2D eigenvalue weighted by atomic mass is 31.2. The summed E-state index contributed by atoms with van der Waals surface area (Å²) < 4.78 is 28.3. The molecule has 0 aliphatic carbocycles. The van der Waals surface area contributed by atoms with Crippen molar-refractivity contribution in [3.05, 3.63) is 29.8 Å². The van der Waals surface area contributed by atoms with Crippen LogP contribution in [0.3, 0.4) is 0 Å². The molecule has 0 amide bonds. The van der Waals surface area contributed by atoms with Crippen LogP contribution in [0.1, 0.15) is 33.3 Å². The summed E-state index contributed by atoms with van der Waals surface area (Å²) in [6.07, 6.45) is -0.446. The SMILES string of the molecule is COc1cccc(C#CP(=O)(OC(C)C)OC(C)C)c1. The normalized spacial score (nSPS) is 11.3. The molecule has 0 bridgehead atoms. The summed E-state index contributed by atoms with van der Waals surface area (Å²) in [5, 5.41) is 0. The average molecular weight is 296 g/mol. The van der Waals surface area contributed by atoms with E-state index in [4.69, 9.17) is 13.8 Å². The highest BCUT2D eigenvalue weighted by Crippen LogP contribution is 2.49. The number of ether oxygens (including phenoxy) is 1. The maximum Gasteiger partial charge on any atom is 0.406 e. The van der Waals surface area contributed by atoms with Gasteiger partial charge in [0.1, 0.15) is 5.75 Å². The number of rotatable bonds is 5. The van der Waals surface area contributed by atoms with Gasteiger partial charge in [-0.1, -0.05) is 12.0 Å². The van der Waals surface area contributed by atoms with E-state index in [0.29, 0.717) is 11.3 Å². The zero-order chi connectivity index (χ0) is 15.2. The van der Waals surface area contributed by atoms with Gasteiger partial charge in [-0.05, 0) is 45.9 Å². The summed E-state index contributed by atoms with van der Waals surface area (Å²) >= 11 is 0. The summed E-state index contributed by atoms with van der Waals surface area (Å²) in [7, 11) is -1.84. The molecule has 0 atom stereocenters. The fourth-order valence-electron chi connectivity index (χ4n) is 1.47. The molecule has 0 heterocycles. The molecule has 110 valence electrons. The van der Waals surface area contributed by atoms with Gasteiger partial charge in [0.05, 0.1) is 19.3 Å². The number of hydrogen-bond donors (Lipinski definition) is 0. The monoisotopic (exact) mass is 296 g/mol. The Labute approximate surface area is 121 Å². The third kappa shape index (κ3) is 5.79. The lowest BCUT2D eigenvalue weighted by Crippen LogP contribution is -2.06. The lowest BCUT2D eigenvalue weighted by molar-refractivity contribution is 0.151. The molecule has 0 aliphatic heterocycles. The van der Waals surface area contributed by atoms with E-state index in [1.54, 1.807) is 40.9 Å². The highest BCUT2D eigenvalue weighted by Gasteiger charge is 2.25. The van der Waals surface area contributed by atoms with Crippen molar-refractivity contribution in [3.63, 3.8) is 0 Å². The fraction of sp³-hybridized carbons (Fsp3) is 0.467. The van der Waals surface area contributed by atoms with Gasteiger partial charge >= 0.3 is 7.60 Å². The summed E-state index contributed by atoms with van der Waals surface area (Å²) in [6, 6.07) is 7.22. The first-order chi connectivity index (χ1) is 9.34. The molecule has 20 heavy (non-hydrogen) atoms. The second-order valence-corrected chi connectivity index (χ2v) is 6.41. The molecule has 0 saturated heterocycles. The smallest absolute Gasteiger partial charge is 0.406 e. The highest BCUT2D eigenvalue weighted by molar-refractivity contribution is 7.59. The van der Waals surface area contributed by atoms with Gasteiger partial charge in [-0.15, -0.1) is 0 Å². The van der Waals surface area contributed by atoms with Gasteiger partial charge in [0.2, 0.25) is 0 Å². The molecule has 1 rings (SSSR count).